The molecule has 0 radical (unpaired) electrons. The monoisotopic (exact) mass is 259 g/mol. The largest absolute Gasteiger partial charge is 0.377 e. The summed E-state index contributed by atoms with van der Waals surface area (Å²) in [4.78, 5) is 0. The van der Waals surface area contributed by atoms with Crippen LogP contribution in [-0.2, 0) is 17.9 Å². The summed E-state index contributed by atoms with van der Waals surface area (Å²) >= 11 is 0. The van der Waals surface area contributed by atoms with Gasteiger partial charge in [0.05, 0.1) is 6.61 Å². The van der Waals surface area contributed by atoms with Gasteiger partial charge in [-0.25, -0.2) is 0 Å². The van der Waals surface area contributed by atoms with Gasteiger partial charge in [-0.05, 0) is 49.1 Å². The molecular formula is C17H25NO. The molecular weight excluding hydrogens is 234 g/mol. The van der Waals surface area contributed by atoms with Gasteiger partial charge < -0.3 is 10.1 Å². The quantitative estimate of drug-likeness (QED) is 0.844. The van der Waals surface area contributed by atoms with Gasteiger partial charge in [0, 0.05) is 19.2 Å². The average Bonchev–Trinajstić information content (AvgIpc) is 3.06. The SMILES string of the molecule is CCOCc1ccccc1CNC1CC2CCC1C2. The third-order valence-electron chi connectivity index (χ3n) is 4.87. The Hall–Kier alpha value is -0.860. The van der Waals surface area contributed by atoms with Crippen molar-refractivity contribution >= 4 is 0 Å². The smallest absolute Gasteiger partial charge is 0.0719 e. The number of hydrogen-bond acceptors (Lipinski definition) is 2. The number of fused-ring (bicyclic) bond motifs is 2. The molecule has 2 heteroatoms. The number of rotatable bonds is 6. The Bertz CT molecular complexity index is 417. The van der Waals surface area contributed by atoms with Gasteiger partial charge in [0.15, 0.2) is 0 Å². The number of nitrogens with one attached hydrogen (secondary N) is 1. The van der Waals surface area contributed by atoms with Crippen molar-refractivity contribution in [1.82, 2.24) is 5.32 Å². The molecule has 1 aromatic carbocycles. The summed E-state index contributed by atoms with van der Waals surface area (Å²) in [6.45, 7) is 4.58. The molecule has 2 fully saturated rings. The van der Waals surface area contributed by atoms with E-state index in [1.54, 1.807) is 0 Å². The first kappa shape index (κ1) is 13.1. The summed E-state index contributed by atoms with van der Waals surface area (Å²) < 4.78 is 5.55. The van der Waals surface area contributed by atoms with E-state index < -0.39 is 0 Å². The minimum atomic E-state index is 0.741. The van der Waals surface area contributed by atoms with Crippen LogP contribution in [0.1, 0.15) is 43.7 Å². The molecule has 3 atom stereocenters. The van der Waals surface area contributed by atoms with E-state index in [2.05, 4.69) is 36.5 Å². The van der Waals surface area contributed by atoms with E-state index in [1.807, 2.05) is 0 Å². The van der Waals surface area contributed by atoms with Crippen molar-refractivity contribution in [3.8, 4) is 0 Å². The molecule has 0 spiro atoms. The molecule has 0 heterocycles. The summed E-state index contributed by atoms with van der Waals surface area (Å²) in [5.74, 6) is 1.96. The molecule has 1 N–H and O–H groups in total. The highest BCUT2D eigenvalue weighted by Gasteiger charge is 2.38. The molecule has 2 saturated carbocycles. The lowest BCUT2D eigenvalue weighted by Gasteiger charge is -2.23. The van der Waals surface area contributed by atoms with E-state index in [0.717, 1.165) is 37.6 Å². The molecule has 1 aromatic rings. The van der Waals surface area contributed by atoms with E-state index in [-0.39, 0.29) is 0 Å². The Kier molecular flexibility index (Phi) is 4.19. The molecule has 19 heavy (non-hydrogen) atoms. The summed E-state index contributed by atoms with van der Waals surface area (Å²) in [5.41, 5.74) is 2.73. The minimum absolute atomic E-state index is 0.741. The first-order chi connectivity index (χ1) is 9.36. The molecule has 2 bridgehead atoms. The molecule has 0 aromatic heterocycles. The minimum Gasteiger partial charge on any atom is -0.377 e. The van der Waals surface area contributed by atoms with Crippen molar-refractivity contribution in [2.75, 3.05) is 6.61 Å². The highest BCUT2D eigenvalue weighted by atomic mass is 16.5. The van der Waals surface area contributed by atoms with Gasteiger partial charge in [-0.2, -0.15) is 0 Å². The van der Waals surface area contributed by atoms with Crippen molar-refractivity contribution in [1.29, 1.82) is 0 Å². The van der Waals surface area contributed by atoms with E-state index >= 15 is 0 Å². The van der Waals surface area contributed by atoms with E-state index in [4.69, 9.17) is 4.74 Å². The summed E-state index contributed by atoms with van der Waals surface area (Å²) in [5, 5.41) is 3.79. The maximum absolute atomic E-state index is 5.55. The van der Waals surface area contributed by atoms with Crippen LogP contribution in [0.15, 0.2) is 24.3 Å². The Morgan fingerprint density at radius 3 is 2.68 bits per heavy atom. The molecule has 0 aliphatic heterocycles. The summed E-state index contributed by atoms with van der Waals surface area (Å²) in [7, 11) is 0. The maximum atomic E-state index is 5.55. The molecule has 3 unspecified atom stereocenters. The Morgan fingerprint density at radius 2 is 2.00 bits per heavy atom. The van der Waals surface area contributed by atoms with Crippen LogP contribution in [0.25, 0.3) is 0 Å². The molecule has 104 valence electrons. The normalized spacial score (nSPS) is 29.0. The summed E-state index contributed by atoms with van der Waals surface area (Å²) in [6, 6.07) is 9.42. The molecule has 2 nitrogen and oxygen atoms in total. The molecule has 0 amide bonds. The van der Waals surface area contributed by atoms with Gasteiger partial charge in [0.1, 0.15) is 0 Å². The van der Waals surface area contributed by atoms with Crippen molar-refractivity contribution in [2.45, 2.75) is 51.8 Å². The van der Waals surface area contributed by atoms with Crippen LogP contribution in [-0.4, -0.2) is 12.6 Å². The second-order valence-electron chi connectivity index (χ2n) is 6.07. The maximum Gasteiger partial charge on any atom is 0.0719 e. The van der Waals surface area contributed by atoms with Crippen LogP contribution < -0.4 is 5.32 Å². The highest BCUT2D eigenvalue weighted by Crippen LogP contribution is 2.44. The van der Waals surface area contributed by atoms with Crippen LogP contribution >= 0.6 is 0 Å². The van der Waals surface area contributed by atoms with Crippen LogP contribution in [0.2, 0.25) is 0 Å². The first-order valence-electron chi connectivity index (χ1n) is 7.74. The highest BCUT2D eigenvalue weighted by molar-refractivity contribution is 5.26. The first-order valence-corrected chi connectivity index (χ1v) is 7.74. The van der Waals surface area contributed by atoms with Gasteiger partial charge in [-0.15, -0.1) is 0 Å². The molecule has 3 rings (SSSR count). The Labute approximate surface area is 116 Å². The summed E-state index contributed by atoms with van der Waals surface area (Å²) in [6.07, 6.45) is 5.79. The zero-order valence-electron chi connectivity index (χ0n) is 11.9. The standard InChI is InChI=1S/C17H25NO/c1-2-19-12-16-6-4-3-5-15(16)11-18-17-10-13-7-8-14(17)9-13/h3-6,13-14,17-18H,2,7-12H2,1H3. The Morgan fingerprint density at radius 1 is 1.16 bits per heavy atom. The Balaban J connectivity index is 1.57. The van der Waals surface area contributed by atoms with Gasteiger partial charge in [-0.1, -0.05) is 30.7 Å². The van der Waals surface area contributed by atoms with Crippen molar-refractivity contribution in [3.05, 3.63) is 35.4 Å². The number of benzene rings is 1. The second-order valence-corrected chi connectivity index (χ2v) is 6.07. The van der Waals surface area contributed by atoms with Crippen molar-refractivity contribution in [2.24, 2.45) is 11.8 Å². The predicted octanol–water partition coefficient (Wildman–Crippen LogP) is 3.50. The molecule has 2 aliphatic carbocycles. The fraction of sp³-hybridized carbons (Fsp3) is 0.647. The van der Waals surface area contributed by atoms with Gasteiger partial charge in [-0.3, -0.25) is 0 Å². The topological polar surface area (TPSA) is 21.3 Å². The van der Waals surface area contributed by atoms with Crippen LogP contribution in [0.3, 0.4) is 0 Å². The van der Waals surface area contributed by atoms with Gasteiger partial charge in [0.2, 0.25) is 0 Å². The van der Waals surface area contributed by atoms with Crippen LogP contribution in [0, 0.1) is 11.8 Å². The van der Waals surface area contributed by atoms with E-state index in [0.29, 0.717) is 0 Å². The lowest BCUT2D eigenvalue weighted by Crippen LogP contribution is -2.33. The molecule has 0 saturated heterocycles. The third-order valence-corrected chi connectivity index (χ3v) is 4.87. The predicted molar refractivity (Wildman–Crippen MR) is 77.8 cm³/mol. The molecule has 2 aliphatic rings. The fourth-order valence-corrected chi connectivity index (χ4v) is 3.82. The zero-order valence-corrected chi connectivity index (χ0v) is 11.9. The zero-order chi connectivity index (χ0) is 13.1. The van der Waals surface area contributed by atoms with Crippen LogP contribution in [0.4, 0.5) is 0 Å². The lowest BCUT2D eigenvalue weighted by molar-refractivity contribution is 0.133. The van der Waals surface area contributed by atoms with Crippen molar-refractivity contribution < 1.29 is 4.74 Å². The van der Waals surface area contributed by atoms with E-state index in [1.165, 1.54) is 36.8 Å². The van der Waals surface area contributed by atoms with Gasteiger partial charge >= 0.3 is 0 Å². The van der Waals surface area contributed by atoms with Crippen LogP contribution in [0.5, 0.6) is 0 Å². The van der Waals surface area contributed by atoms with Gasteiger partial charge in [0.25, 0.3) is 0 Å². The number of ether oxygens (including phenoxy) is 1. The average molecular weight is 259 g/mol. The fourth-order valence-electron chi connectivity index (χ4n) is 3.82. The third kappa shape index (κ3) is 3.01. The lowest BCUT2D eigenvalue weighted by atomic mass is 9.95. The van der Waals surface area contributed by atoms with E-state index in [9.17, 15) is 0 Å². The van der Waals surface area contributed by atoms with Crippen molar-refractivity contribution in [3.63, 3.8) is 0 Å². The second kappa shape index (κ2) is 6.06. The number of hydrogen-bond donors (Lipinski definition) is 1.